The molecule has 1 aromatic rings. The standard InChI is InChI=1S/C19H37N3O2/c1-15(2)9-11-23-18(5,6)10-12-24-19(7,8)13-17-14-22(16(3)4)21-20-17/h14-16H,9-13H2,1-8H3. The Kier molecular flexibility index (Phi) is 7.87. The molecule has 24 heavy (non-hydrogen) atoms. The maximum Gasteiger partial charge on any atom is 0.0855 e. The largest absolute Gasteiger partial charge is 0.375 e. The van der Waals surface area contributed by atoms with E-state index in [0.717, 1.165) is 31.6 Å². The molecule has 0 aromatic carbocycles. The van der Waals surface area contributed by atoms with Gasteiger partial charge in [-0.2, -0.15) is 0 Å². The number of nitrogens with zero attached hydrogens (tertiary/aromatic N) is 3. The zero-order valence-corrected chi connectivity index (χ0v) is 16.9. The molecule has 140 valence electrons. The van der Waals surface area contributed by atoms with Gasteiger partial charge in [0.2, 0.25) is 0 Å². The molecule has 0 aliphatic heterocycles. The van der Waals surface area contributed by atoms with Crippen LogP contribution >= 0.6 is 0 Å². The fraction of sp³-hybridized carbons (Fsp3) is 0.895. The van der Waals surface area contributed by atoms with Crippen LogP contribution in [0.15, 0.2) is 6.20 Å². The second-order valence-electron chi connectivity index (χ2n) is 8.61. The number of ether oxygens (including phenoxy) is 2. The molecule has 1 heterocycles. The average Bonchev–Trinajstić information content (AvgIpc) is 2.85. The summed E-state index contributed by atoms with van der Waals surface area (Å²) >= 11 is 0. The van der Waals surface area contributed by atoms with Crippen LogP contribution in [0.3, 0.4) is 0 Å². The van der Waals surface area contributed by atoms with Gasteiger partial charge in [0.05, 0.1) is 23.5 Å². The molecule has 0 spiro atoms. The average molecular weight is 340 g/mol. The van der Waals surface area contributed by atoms with Crippen molar-refractivity contribution in [3.05, 3.63) is 11.9 Å². The first-order chi connectivity index (χ1) is 11.0. The van der Waals surface area contributed by atoms with Gasteiger partial charge < -0.3 is 9.47 Å². The summed E-state index contributed by atoms with van der Waals surface area (Å²) in [6.07, 6.45) is 4.75. The van der Waals surface area contributed by atoms with E-state index < -0.39 is 0 Å². The first kappa shape index (κ1) is 21.1. The highest BCUT2D eigenvalue weighted by Gasteiger charge is 2.24. The van der Waals surface area contributed by atoms with E-state index in [1.165, 1.54) is 0 Å². The van der Waals surface area contributed by atoms with Crippen LogP contribution in [-0.2, 0) is 15.9 Å². The molecule has 0 N–H and O–H groups in total. The van der Waals surface area contributed by atoms with Crippen molar-refractivity contribution in [1.82, 2.24) is 15.0 Å². The second-order valence-corrected chi connectivity index (χ2v) is 8.61. The minimum atomic E-state index is -0.258. The van der Waals surface area contributed by atoms with Crippen molar-refractivity contribution >= 4 is 0 Å². The van der Waals surface area contributed by atoms with Gasteiger partial charge in [-0.15, -0.1) is 5.10 Å². The van der Waals surface area contributed by atoms with E-state index in [9.17, 15) is 0 Å². The van der Waals surface area contributed by atoms with Gasteiger partial charge in [0.25, 0.3) is 0 Å². The van der Waals surface area contributed by atoms with Crippen LogP contribution in [0.4, 0.5) is 0 Å². The molecule has 1 rings (SSSR count). The van der Waals surface area contributed by atoms with Gasteiger partial charge in [0.1, 0.15) is 0 Å². The fourth-order valence-corrected chi connectivity index (χ4v) is 2.35. The predicted molar refractivity (Wildman–Crippen MR) is 98.2 cm³/mol. The highest BCUT2D eigenvalue weighted by Crippen LogP contribution is 2.20. The summed E-state index contributed by atoms with van der Waals surface area (Å²) in [5, 5.41) is 8.40. The first-order valence-electron chi connectivity index (χ1n) is 9.19. The Morgan fingerprint density at radius 2 is 1.62 bits per heavy atom. The van der Waals surface area contributed by atoms with Gasteiger partial charge >= 0.3 is 0 Å². The molecular formula is C19H37N3O2. The van der Waals surface area contributed by atoms with E-state index in [1.54, 1.807) is 0 Å². The topological polar surface area (TPSA) is 49.2 Å². The summed E-state index contributed by atoms with van der Waals surface area (Å²) in [5.74, 6) is 0.676. The minimum Gasteiger partial charge on any atom is -0.375 e. The van der Waals surface area contributed by atoms with Gasteiger partial charge in [-0.1, -0.05) is 19.1 Å². The van der Waals surface area contributed by atoms with Crippen LogP contribution in [-0.4, -0.2) is 39.4 Å². The zero-order chi connectivity index (χ0) is 18.4. The Morgan fingerprint density at radius 1 is 1.00 bits per heavy atom. The number of rotatable bonds is 11. The van der Waals surface area contributed by atoms with Crippen molar-refractivity contribution in [2.75, 3.05) is 13.2 Å². The van der Waals surface area contributed by atoms with E-state index in [0.29, 0.717) is 18.6 Å². The molecular weight excluding hydrogens is 302 g/mol. The first-order valence-corrected chi connectivity index (χ1v) is 9.19. The Bertz CT molecular complexity index is 479. The van der Waals surface area contributed by atoms with E-state index in [2.05, 4.69) is 65.7 Å². The highest BCUT2D eigenvalue weighted by molar-refractivity contribution is 4.98. The summed E-state index contributed by atoms with van der Waals surface area (Å²) in [6.45, 7) is 18.6. The monoisotopic (exact) mass is 339 g/mol. The van der Waals surface area contributed by atoms with Gasteiger partial charge in [-0.3, -0.25) is 0 Å². The Morgan fingerprint density at radius 3 is 2.17 bits per heavy atom. The molecule has 5 heteroatoms. The van der Waals surface area contributed by atoms with Crippen LogP contribution < -0.4 is 0 Å². The quantitative estimate of drug-likeness (QED) is 0.598. The fourth-order valence-electron chi connectivity index (χ4n) is 2.35. The van der Waals surface area contributed by atoms with Crippen LogP contribution in [0.25, 0.3) is 0 Å². The molecule has 0 radical (unpaired) electrons. The molecule has 1 aromatic heterocycles. The Labute approximate surface area is 148 Å². The SMILES string of the molecule is CC(C)CCOC(C)(C)CCOC(C)(C)Cc1cn(C(C)C)nn1. The molecule has 0 amide bonds. The van der Waals surface area contributed by atoms with Gasteiger partial charge in [-0.05, 0) is 60.3 Å². The minimum absolute atomic E-state index is 0.147. The van der Waals surface area contributed by atoms with E-state index in [1.807, 2.05) is 10.9 Å². The third-order valence-electron chi connectivity index (χ3n) is 4.08. The normalized spacial score (nSPS) is 13.2. The lowest BCUT2D eigenvalue weighted by molar-refractivity contribution is -0.0736. The van der Waals surface area contributed by atoms with Crippen LogP contribution in [0.5, 0.6) is 0 Å². The summed E-state index contributed by atoms with van der Waals surface area (Å²) in [5.41, 5.74) is 0.568. The third kappa shape index (κ3) is 8.25. The summed E-state index contributed by atoms with van der Waals surface area (Å²) < 4.78 is 14.0. The zero-order valence-electron chi connectivity index (χ0n) is 16.9. The van der Waals surface area contributed by atoms with Crippen molar-refractivity contribution in [1.29, 1.82) is 0 Å². The summed E-state index contributed by atoms with van der Waals surface area (Å²) in [6, 6.07) is 0.332. The lowest BCUT2D eigenvalue weighted by Crippen LogP contribution is -2.32. The second kappa shape index (κ2) is 8.95. The number of hydrogen-bond acceptors (Lipinski definition) is 4. The molecule has 0 aliphatic rings. The number of aromatic nitrogens is 3. The Hall–Kier alpha value is -0.940. The van der Waals surface area contributed by atoms with E-state index in [4.69, 9.17) is 9.47 Å². The molecule has 0 saturated heterocycles. The number of hydrogen-bond donors (Lipinski definition) is 0. The van der Waals surface area contributed by atoms with Crippen LogP contribution in [0.2, 0.25) is 0 Å². The molecule has 0 fully saturated rings. The predicted octanol–water partition coefficient (Wildman–Crippen LogP) is 4.43. The van der Waals surface area contributed by atoms with Gasteiger partial charge in [0, 0.05) is 25.3 Å². The van der Waals surface area contributed by atoms with Crippen molar-refractivity contribution in [3.63, 3.8) is 0 Å². The van der Waals surface area contributed by atoms with Gasteiger partial charge in [-0.25, -0.2) is 4.68 Å². The Balaban J connectivity index is 2.38. The third-order valence-corrected chi connectivity index (χ3v) is 4.08. The lowest BCUT2D eigenvalue weighted by atomic mass is 10.0. The summed E-state index contributed by atoms with van der Waals surface area (Å²) in [7, 11) is 0. The lowest BCUT2D eigenvalue weighted by Gasteiger charge is -2.29. The van der Waals surface area contributed by atoms with Crippen molar-refractivity contribution < 1.29 is 9.47 Å². The molecule has 0 saturated carbocycles. The van der Waals surface area contributed by atoms with Crippen molar-refractivity contribution in [2.45, 2.75) is 91.9 Å². The molecule has 0 aliphatic carbocycles. The van der Waals surface area contributed by atoms with E-state index in [-0.39, 0.29) is 11.2 Å². The molecule has 0 bridgehead atoms. The molecule has 0 unspecified atom stereocenters. The van der Waals surface area contributed by atoms with Gasteiger partial charge in [0.15, 0.2) is 0 Å². The molecule has 5 nitrogen and oxygen atoms in total. The smallest absolute Gasteiger partial charge is 0.0855 e. The summed E-state index contributed by atoms with van der Waals surface area (Å²) in [4.78, 5) is 0. The molecule has 0 atom stereocenters. The van der Waals surface area contributed by atoms with E-state index >= 15 is 0 Å². The van der Waals surface area contributed by atoms with Crippen LogP contribution in [0.1, 0.15) is 80.0 Å². The highest BCUT2D eigenvalue weighted by atomic mass is 16.5. The maximum absolute atomic E-state index is 6.11. The van der Waals surface area contributed by atoms with Crippen LogP contribution in [0, 0.1) is 5.92 Å². The van der Waals surface area contributed by atoms with Crippen molar-refractivity contribution in [3.8, 4) is 0 Å². The maximum atomic E-state index is 6.11. The van der Waals surface area contributed by atoms with Crippen molar-refractivity contribution in [2.24, 2.45) is 5.92 Å².